The summed E-state index contributed by atoms with van der Waals surface area (Å²) < 4.78 is 0. The highest BCUT2D eigenvalue weighted by molar-refractivity contribution is 5.73. The van der Waals surface area contributed by atoms with Crippen LogP contribution >= 0.6 is 0 Å². The number of likely N-dealkylation sites (tertiary alicyclic amines) is 1. The number of nitrogens with zero attached hydrogens (tertiary/aromatic N) is 1. The predicted octanol–water partition coefficient (Wildman–Crippen LogP) is -0.0512. The standard InChI is InChI=1S/C11H21N3O/c1-9(15)13-11-4-6-14(8-11)7-10-3-2-5-12-10/h10-12H,2-8H2,1H3,(H,13,15)/t10-,11?/m1/s1. The molecule has 0 radical (unpaired) electrons. The maximum absolute atomic E-state index is 10.9. The molecule has 2 aliphatic rings. The molecule has 2 fully saturated rings. The Hall–Kier alpha value is -0.610. The van der Waals surface area contributed by atoms with Gasteiger partial charge >= 0.3 is 0 Å². The second-order valence-electron chi connectivity index (χ2n) is 4.74. The molecule has 0 aromatic heterocycles. The van der Waals surface area contributed by atoms with Crippen LogP contribution in [0.15, 0.2) is 0 Å². The maximum Gasteiger partial charge on any atom is 0.217 e. The predicted molar refractivity (Wildman–Crippen MR) is 59.7 cm³/mol. The van der Waals surface area contributed by atoms with E-state index in [9.17, 15) is 4.79 Å². The van der Waals surface area contributed by atoms with Gasteiger partial charge in [-0.25, -0.2) is 0 Å². The summed E-state index contributed by atoms with van der Waals surface area (Å²) in [5.41, 5.74) is 0. The SMILES string of the molecule is CC(=O)NC1CCN(C[C@H]2CCCN2)C1. The first-order chi connectivity index (χ1) is 7.24. The second-order valence-corrected chi connectivity index (χ2v) is 4.74. The van der Waals surface area contributed by atoms with Crippen LogP contribution in [0.1, 0.15) is 26.2 Å². The molecule has 2 rings (SSSR count). The second kappa shape index (κ2) is 4.94. The lowest BCUT2D eigenvalue weighted by Crippen LogP contribution is -2.39. The fourth-order valence-electron chi connectivity index (χ4n) is 2.63. The minimum Gasteiger partial charge on any atom is -0.352 e. The Balaban J connectivity index is 1.70. The Kier molecular flexibility index (Phi) is 3.59. The highest BCUT2D eigenvalue weighted by Gasteiger charge is 2.25. The Morgan fingerprint density at radius 1 is 1.53 bits per heavy atom. The molecule has 0 spiro atoms. The first-order valence-corrected chi connectivity index (χ1v) is 5.97. The fourth-order valence-corrected chi connectivity index (χ4v) is 2.63. The third-order valence-corrected chi connectivity index (χ3v) is 3.32. The summed E-state index contributed by atoms with van der Waals surface area (Å²) >= 11 is 0. The molecule has 0 saturated carbocycles. The van der Waals surface area contributed by atoms with Crippen LogP contribution in [0.2, 0.25) is 0 Å². The summed E-state index contributed by atoms with van der Waals surface area (Å²) in [7, 11) is 0. The van der Waals surface area contributed by atoms with E-state index in [1.54, 1.807) is 6.92 Å². The molecule has 4 heteroatoms. The van der Waals surface area contributed by atoms with Gasteiger partial charge in [0, 0.05) is 38.6 Å². The van der Waals surface area contributed by atoms with Gasteiger partial charge in [0.1, 0.15) is 0 Å². The topological polar surface area (TPSA) is 44.4 Å². The van der Waals surface area contributed by atoms with Crippen LogP contribution < -0.4 is 10.6 Å². The molecule has 86 valence electrons. The van der Waals surface area contributed by atoms with Gasteiger partial charge in [0.05, 0.1) is 0 Å². The molecule has 4 nitrogen and oxygen atoms in total. The lowest BCUT2D eigenvalue weighted by molar-refractivity contribution is -0.119. The van der Waals surface area contributed by atoms with E-state index in [1.807, 2.05) is 0 Å². The van der Waals surface area contributed by atoms with Crippen molar-refractivity contribution in [3.63, 3.8) is 0 Å². The summed E-state index contributed by atoms with van der Waals surface area (Å²) in [6, 6.07) is 1.06. The van der Waals surface area contributed by atoms with E-state index in [-0.39, 0.29) is 5.91 Å². The number of nitrogens with one attached hydrogen (secondary N) is 2. The molecule has 2 atom stereocenters. The van der Waals surface area contributed by atoms with Crippen molar-refractivity contribution in [3.05, 3.63) is 0 Å². The summed E-state index contributed by atoms with van der Waals surface area (Å²) in [6.45, 7) is 6.08. The van der Waals surface area contributed by atoms with E-state index in [0.29, 0.717) is 12.1 Å². The molecule has 2 heterocycles. The van der Waals surface area contributed by atoms with Crippen molar-refractivity contribution < 1.29 is 4.79 Å². The Bertz CT molecular complexity index is 226. The van der Waals surface area contributed by atoms with Crippen LogP contribution in [-0.4, -0.2) is 49.1 Å². The molecule has 1 unspecified atom stereocenters. The van der Waals surface area contributed by atoms with Crippen molar-refractivity contribution >= 4 is 5.91 Å². The van der Waals surface area contributed by atoms with Crippen molar-refractivity contribution in [1.29, 1.82) is 0 Å². The van der Waals surface area contributed by atoms with Crippen molar-refractivity contribution in [2.75, 3.05) is 26.2 Å². The molecule has 0 bridgehead atoms. The lowest BCUT2D eigenvalue weighted by Gasteiger charge is -2.20. The van der Waals surface area contributed by atoms with Crippen LogP contribution in [0, 0.1) is 0 Å². The van der Waals surface area contributed by atoms with E-state index < -0.39 is 0 Å². The summed E-state index contributed by atoms with van der Waals surface area (Å²) in [5.74, 6) is 0.0980. The molecular weight excluding hydrogens is 190 g/mol. The first-order valence-electron chi connectivity index (χ1n) is 5.97. The Morgan fingerprint density at radius 3 is 3.07 bits per heavy atom. The molecular formula is C11H21N3O. The van der Waals surface area contributed by atoms with Crippen molar-refractivity contribution in [2.45, 2.75) is 38.3 Å². The molecule has 15 heavy (non-hydrogen) atoms. The zero-order valence-corrected chi connectivity index (χ0v) is 9.46. The first kappa shape index (κ1) is 10.9. The zero-order valence-electron chi connectivity index (χ0n) is 9.46. The van der Waals surface area contributed by atoms with Crippen LogP contribution in [0.5, 0.6) is 0 Å². The lowest BCUT2D eigenvalue weighted by atomic mass is 10.2. The van der Waals surface area contributed by atoms with E-state index in [1.165, 1.54) is 19.4 Å². The van der Waals surface area contributed by atoms with Crippen LogP contribution in [0.25, 0.3) is 0 Å². The van der Waals surface area contributed by atoms with Crippen LogP contribution in [0.4, 0.5) is 0 Å². The molecule has 0 aromatic carbocycles. The number of hydrogen-bond donors (Lipinski definition) is 2. The van der Waals surface area contributed by atoms with Crippen molar-refractivity contribution in [3.8, 4) is 0 Å². The van der Waals surface area contributed by atoms with Gasteiger partial charge in [0.15, 0.2) is 0 Å². The van der Waals surface area contributed by atoms with E-state index in [2.05, 4.69) is 15.5 Å². The van der Waals surface area contributed by atoms with Gasteiger partial charge in [0.25, 0.3) is 0 Å². The summed E-state index contributed by atoms with van der Waals surface area (Å²) in [4.78, 5) is 13.4. The number of rotatable bonds is 3. The Morgan fingerprint density at radius 2 is 2.40 bits per heavy atom. The van der Waals surface area contributed by atoms with Crippen molar-refractivity contribution in [2.24, 2.45) is 0 Å². The third-order valence-electron chi connectivity index (χ3n) is 3.32. The van der Waals surface area contributed by atoms with Gasteiger partial charge in [-0.3, -0.25) is 9.69 Å². The molecule has 2 aliphatic heterocycles. The van der Waals surface area contributed by atoms with Crippen LogP contribution in [-0.2, 0) is 4.79 Å². The normalized spacial score (nSPS) is 32.1. The summed E-state index contributed by atoms with van der Waals surface area (Å²) in [5, 5.41) is 6.51. The zero-order chi connectivity index (χ0) is 10.7. The van der Waals surface area contributed by atoms with Gasteiger partial charge in [0.2, 0.25) is 5.91 Å². The molecule has 2 saturated heterocycles. The third kappa shape index (κ3) is 3.18. The van der Waals surface area contributed by atoms with Gasteiger partial charge in [-0.05, 0) is 25.8 Å². The quantitative estimate of drug-likeness (QED) is 0.688. The summed E-state index contributed by atoms with van der Waals surface area (Å²) in [6.07, 6.45) is 3.72. The Labute approximate surface area is 91.4 Å². The van der Waals surface area contributed by atoms with Gasteiger partial charge in [-0.2, -0.15) is 0 Å². The molecule has 1 amide bonds. The number of amides is 1. The van der Waals surface area contributed by atoms with Gasteiger partial charge in [-0.1, -0.05) is 0 Å². The molecule has 0 aromatic rings. The largest absolute Gasteiger partial charge is 0.352 e. The molecule has 0 aliphatic carbocycles. The minimum atomic E-state index is 0.0980. The maximum atomic E-state index is 10.9. The monoisotopic (exact) mass is 211 g/mol. The van der Waals surface area contributed by atoms with Crippen molar-refractivity contribution in [1.82, 2.24) is 15.5 Å². The minimum absolute atomic E-state index is 0.0980. The smallest absolute Gasteiger partial charge is 0.217 e. The van der Waals surface area contributed by atoms with Gasteiger partial charge in [-0.15, -0.1) is 0 Å². The van der Waals surface area contributed by atoms with E-state index in [4.69, 9.17) is 0 Å². The van der Waals surface area contributed by atoms with E-state index in [0.717, 1.165) is 26.1 Å². The molecule has 2 N–H and O–H groups in total. The highest BCUT2D eigenvalue weighted by Crippen LogP contribution is 2.13. The van der Waals surface area contributed by atoms with Gasteiger partial charge < -0.3 is 10.6 Å². The number of carbonyl (C=O) groups is 1. The highest BCUT2D eigenvalue weighted by atomic mass is 16.1. The average Bonchev–Trinajstić information content (AvgIpc) is 2.77. The fraction of sp³-hybridized carbons (Fsp3) is 0.909. The number of carbonyl (C=O) groups excluding carboxylic acids is 1. The van der Waals surface area contributed by atoms with E-state index >= 15 is 0 Å². The van der Waals surface area contributed by atoms with Crippen LogP contribution in [0.3, 0.4) is 0 Å². The average molecular weight is 211 g/mol. The number of hydrogen-bond acceptors (Lipinski definition) is 3.